The number of rotatable bonds is 7. The number of hydrogen-bond acceptors (Lipinski definition) is 4. The van der Waals surface area contributed by atoms with Gasteiger partial charge in [0, 0.05) is 26.2 Å². The molecule has 20 heavy (non-hydrogen) atoms. The first-order chi connectivity index (χ1) is 9.49. The molecule has 1 amide bonds. The lowest BCUT2D eigenvalue weighted by Crippen LogP contribution is -2.43. The Bertz CT molecular complexity index is 312. The summed E-state index contributed by atoms with van der Waals surface area (Å²) in [5.41, 5.74) is 0. The number of likely N-dealkylation sites (tertiary alicyclic amines) is 1. The van der Waals surface area contributed by atoms with E-state index in [1.165, 1.54) is 12.8 Å². The van der Waals surface area contributed by atoms with Crippen LogP contribution in [0.25, 0.3) is 0 Å². The molecule has 0 aromatic carbocycles. The molecular weight excluding hydrogens is 260 g/mol. The van der Waals surface area contributed by atoms with Crippen molar-refractivity contribution in [3.63, 3.8) is 0 Å². The SMILES string of the molecule is CC(O)CN(CCC(=O)O)CC(=O)N1CCCCCC1. The van der Waals surface area contributed by atoms with E-state index < -0.39 is 12.1 Å². The molecule has 6 heteroatoms. The van der Waals surface area contributed by atoms with Crippen LogP contribution < -0.4 is 0 Å². The van der Waals surface area contributed by atoms with Gasteiger partial charge >= 0.3 is 5.97 Å². The third kappa shape index (κ3) is 6.86. The molecule has 0 spiro atoms. The van der Waals surface area contributed by atoms with Crippen LogP contribution in [0.15, 0.2) is 0 Å². The van der Waals surface area contributed by atoms with Gasteiger partial charge in [0.05, 0.1) is 19.1 Å². The number of carbonyl (C=O) groups is 2. The lowest BCUT2D eigenvalue weighted by atomic mass is 10.2. The van der Waals surface area contributed by atoms with Crippen LogP contribution >= 0.6 is 0 Å². The highest BCUT2D eigenvalue weighted by Crippen LogP contribution is 2.10. The van der Waals surface area contributed by atoms with Crippen molar-refractivity contribution in [3.8, 4) is 0 Å². The molecular formula is C14H26N2O4. The Morgan fingerprint density at radius 1 is 1.20 bits per heavy atom. The van der Waals surface area contributed by atoms with E-state index in [2.05, 4.69) is 0 Å². The summed E-state index contributed by atoms with van der Waals surface area (Å²) in [4.78, 5) is 26.5. The standard InChI is InChI=1S/C14H26N2O4/c1-12(17)10-15(9-6-14(19)20)11-13(18)16-7-4-2-3-5-8-16/h12,17H,2-11H2,1H3,(H,19,20). The van der Waals surface area contributed by atoms with Gasteiger partial charge in [-0.2, -0.15) is 0 Å². The first-order valence-electron chi connectivity index (χ1n) is 7.39. The van der Waals surface area contributed by atoms with Gasteiger partial charge in [-0.25, -0.2) is 0 Å². The molecule has 1 atom stereocenters. The molecule has 1 aliphatic heterocycles. The molecule has 0 aromatic rings. The predicted molar refractivity (Wildman–Crippen MR) is 75.4 cm³/mol. The van der Waals surface area contributed by atoms with Gasteiger partial charge in [0.1, 0.15) is 0 Å². The van der Waals surface area contributed by atoms with Crippen molar-refractivity contribution in [2.75, 3.05) is 32.7 Å². The van der Waals surface area contributed by atoms with Gasteiger partial charge in [-0.3, -0.25) is 14.5 Å². The fraction of sp³-hybridized carbons (Fsp3) is 0.857. The first-order valence-corrected chi connectivity index (χ1v) is 7.39. The van der Waals surface area contributed by atoms with Crippen molar-refractivity contribution in [1.29, 1.82) is 0 Å². The summed E-state index contributed by atoms with van der Waals surface area (Å²) in [6.07, 6.45) is 3.83. The highest BCUT2D eigenvalue weighted by Gasteiger charge is 2.19. The van der Waals surface area contributed by atoms with E-state index in [-0.39, 0.29) is 18.9 Å². The number of carboxylic acid groups (broad SMARTS) is 1. The van der Waals surface area contributed by atoms with Crippen LogP contribution in [-0.4, -0.2) is 70.7 Å². The minimum Gasteiger partial charge on any atom is -0.481 e. The van der Waals surface area contributed by atoms with Gasteiger partial charge < -0.3 is 15.1 Å². The number of hydrogen-bond donors (Lipinski definition) is 2. The maximum atomic E-state index is 12.2. The average Bonchev–Trinajstić information content (AvgIpc) is 2.64. The third-order valence-corrected chi connectivity index (χ3v) is 3.48. The van der Waals surface area contributed by atoms with Gasteiger partial charge in [-0.1, -0.05) is 12.8 Å². The molecule has 6 nitrogen and oxygen atoms in total. The Hall–Kier alpha value is -1.14. The van der Waals surface area contributed by atoms with E-state index in [1.807, 2.05) is 4.90 Å². The van der Waals surface area contributed by atoms with Crippen molar-refractivity contribution in [2.45, 2.75) is 45.1 Å². The Morgan fingerprint density at radius 3 is 2.30 bits per heavy atom. The topological polar surface area (TPSA) is 81.1 Å². The Balaban J connectivity index is 2.48. The van der Waals surface area contributed by atoms with Crippen molar-refractivity contribution >= 4 is 11.9 Å². The van der Waals surface area contributed by atoms with E-state index in [1.54, 1.807) is 11.8 Å². The Labute approximate surface area is 120 Å². The molecule has 0 saturated carbocycles. The number of aliphatic hydroxyl groups is 1. The molecule has 1 rings (SSSR count). The monoisotopic (exact) mass is 286 g/mol. The molecule has 0 radical (unpaired) electrons. The van der Waals surface area contributed by atoms with Crippen molar-refractivity contribution in [2.24, 2.45) is 0 Å². The lowest BCUT2D eigenvalue weighted by molar-refractivity contribution is -0.138. The van der Waals surface area contributed by atoms with Crippen molar-refractivity contribution < 1.29 is 19.8 Å². The fourth-order valence-electron chi connectivity index (χ4n) is 2.47. The van der Waals surface area contributed by atoms with E-state index in [4.69, 9.17) is 5.11 Å². The van der Waals surface area contributed by atoms with E-state index in [9.17, 15) is 14.7 Å². The highest BCUT2D eigenvalue weighted by molar-refractivity contribution is 5.78. The minimum atomic E-state index is -0.886. The summed E-state index contributed by atoms with van der Waals surface area (Å²) in [6, 6.07) is 0. The zero-order chi connectivity index (χ0) is 15.0. The number of aliphatic hydroxyl groups excluding tert-OH is 1. The number of carboxylic acids is 1. The largest absolute Gasteiger partial charge is 0.481 e. The maximum Gasteiger partial charge on any atom is 0.304 e. The van der Waals surface area contributed by atoms with Gasteiger partial charge in [0.25, 0.3) is 0 Å². The van der Waals surface area contributed by atoms with Crippen LogP contribution in [0.5, 0.6) is 0 Å². The van der Waals surface area contributed by atoms with Crippen LogP contribution in [0.3, 0.4) is 0 Å². The third-order valence-electron chi connectivity index (χ3n) is 3.48. The van der Waals surface area contributed by atoms with Crippen LogP contribution in [0.4, 0.5) is 0 Å². The van der Waals surface area contributed by atoms with Gasteiger partial charge in [-0.15, -0.1) is 0 Å². The zero-order valence-corrected chi connectivity index (χ0v) is 12.3. The van der Waals surface area contributed by atoms with Gasteiger partial charge in [-0.05, 0) is 19.8 Å². The molecule has 2 N–H and O–H groups in total. The van der Waals surface area contributed by atoms with E-state index in [0.29, 0.717) is 13.1 Å². The molecule has 116 valence electrons. The Kier molecular flexibility index (Phi) is 7.54. The molecule has 1 fully saturated rings. The molecule has 1 saturated heterocycles. The molecule has 0 bridgehead atoms. The van der Waals surface area contributed by atoms with Crippen LogP contribution in [0.1, 0.15) is 39.0 Å². The Morgan fingerprint density at radius 2 is 1.80 bits per heavy atom. The number of carbonyl (C=O) groups excluding carboxylic acids is 1. The van der Waals surface area contributed by atoms with Crippen molar-refractivity contribution in [1.82, 2.24) is 9.80 Å². The van der Waals surface area contributed by atoms with Gasteiger partial charge in [0.2, 0.25) is 5.91 Å². The highest BCUT2D eigenvalue weighted by atomic mass is 16.4. The second kappa shape index (κ2) is 8.92. The molecule has 1 aliphatic rings. The second-order valence-corrected chi connectivity index (χ2v) is 5.52. The second-order valence-electron chi connectivity index (χ2n) is 5.52. The zero-order valence-electron chi connectivity index (χ0n) is 12.3. The van der Waals surface area contributed by atoms with Gasteiger partial charge in [0.15, 0.2) is 0 Å². The normalized spacial score (nSPS) is 17.9. The van der Waals surface area contributed by atoms with Crippen LogP contribution in [0.2, 0.25) is 0 Å². The quantitative estimate of drug-likeness (QED) is 0.714. The molecule has 0 aliphatic carbocycles. The van der Waals surface area contributed by atoms with Crippen molar-refractivity contribution in [3.05, 3.63) is 0 Å². The fourth-order valence-corrected chi connectivity index (χ4v) is 2.47. The molecule has 1 heterocycles. The number of aliphatic carboxylic acids is 1. The first kappa shape index (κ1) is 16.9. The molecule has 1 unspecified atom stereocenters. The van der Waals surface area contributed by atoms with E-state index in [0.717, 1.165) is 25.9 Å². The minimum absolute atomic E-state index is 0.0139. The van der Waals surface area contributed by atoms with Crippen LogP contribution in [0, 0.1) is 0 Å². The van der Waals surface area contributed by atoms with Crippen LogP contribution in [-0.2, 0) is 9.59 Å². The maximum absolute atomic E-state index is 12.2. The summed E-state index contributed by atoms with van der Waals surface area (Å²) in [7, 11) is 0. The summed E-state index contributed by atoms with van der Waals surface area (Å²) in [5, 5.41) is 18.2. The predicted octanol–water partition coefficient (Wildman–Crippen LogP) is 0.547. The summed E-state index contributed by atoms with van der Waals surface area (Å²) >= 11 is 0. The summed E-state index contributed by atoms with van der Waals surface area (Å²) in [5.74, 6) is -0.847. The lowest BCUT2D eigenvalue weighted by Gasteiger charge is -2.27. The molecule has 0 aromatic heterocycles. The number of nitrogens with zero attached hydrogens (tertiary/aromatic N) is 2. The summed E-state index contributed by atoms with van der Waals surface area (Å²) in [6.45, 7) is 4.04. The number of amides is 1. The van der Waals surface area contributed by atoms with E-state index >= 15 is 0 Å². The summed E-state index contributed by atoms with van der Waals surface area (Å²) < 4.78 is 0. The average molecular weight is 286 g/mol. The smallest absolute Gasteiger partial charge is 0.304 e.